The number of unbranched alkanes of at least 4 members (excludes halogenated alkanes) is 35. The first-order valence-electron chi connectivity index (χ1n) is 36.5. The molecule has 10 heteroatoms. The van der Waals surface area contributed by atoms with Crippen molar-refractivity contribution in [3.05, 3.63) is 122 Å². The number of nitrogens with two attached hydrogens (primary N) is 1. The lowest BCUT2D eigenvalue weighted by Gasteiger charge is -2.19. The molecule has 0 saturated heterocycles. The first-order valence-corrected chi connectivity index (χ1v) is 38.0. The van der Waals surface area contributed by atoms with E-state index >= 15 is 0 Å². The molecule has 0 radical (unpaired) electrons. The molecule has 0 heterocycles. The summed E-state index contributed by atoms with van der Waals surface area (Å²) in [6.07, 6.45) is 102. The van der Waals surface area contributed by atoms with E-state index in [9.17, 15) is 19.0 Å². The summed E-state index contributed by atoms with van der Waals surface area (Å²) in [5, 5.41) is 0. The highest BCUT2D eigenvalue weighted by molar-refractivity contribution is 7.47. The van der Waals surface area contributed by atoms with Crippen molar-refractivity contribution in [2.45, 2.75) is 335 Å². The van der Waals surface area contributed by atoms with Crippen molar-refractivity contribution in [1.82, 2.24) is 0 Å². The monoisotopic (exact) mass is 1250 g/mol. The van der Waals surface area contributed by atoms with Crippen LogP contribution < -0.4 is 5.73 Å². The normalized spacial score (nSPS) is 13.6. The third-order valence-corrected chi connectivity index (χ3v) is 16.6. The molecule has 0 spiro atoms. The average Bonchev–Trinajstić information content (AvgIpc) is 3.60. The van der Waals surface area contributed by atoms with Gasteiger partial charge in [-0.05, 0) is 89.9 Å². The fourth-order valence-electron chi connectivity index (χ4n) is 10.3. The molecule has 0 aliphatic rings. The van der Waals surface area contributed by atoms with Gasteiger partial charge in [-0.15, -0.1) is 0 Å². The van der Waals surface area contributed by atoms with E-state index in [4.69, 9.17) is 24.3 Å². The number of esters is 2. The van der Waals surface area contributed by atoms with Crippen LogP contribution in [0.5, 0.6) is 0 Å². The number of hydrogen-bond acceptors (Lipinski definition) is 8. The van der Waals surface area contributed by atoms with Crippen molar-refractivity contribution in [2.75, 3.05) is 26.4 Å². The van der Waals surface area contributed by atoms with E-state index in [-0.39, 0.29) is 38.6 Å². The van der Waals surface area contributed by atoms with Gasteiger partial charge in [-0.3, -0.25) is 18.6 Å². The Morgan fingerprint density at radius 3 is 0.932 bits per heavy atom. The number of allylic oxidation sites excluding steroid dienone is 20. The van der Waals surface area contributed by atoms with Crippen molar-refractivity contribution in [2.24, 2.45) is 5.73 Å². The van der Waals surface area contributed by atoms with Crippen molar-refractivity contribution < 1.29 is 37.6 Å². The molecule has 9 nitrogen and oxygen atoms in total. The van der Waals surface area contributed by atoms with Crippen LogP contribution in [-0.4, -0.2) is 49.3 Å². The van der Waals surface area contributed by atoms with Gasteiger partial charge in [-0.2, -0.15) is 0 Å². The van der Waals surface area contributed by atoms with Gasteiger partial charge in [0, 0.05) is 19.4 Å². The molecule has 0 aliphatic carbocycles. The second-order valence-electron chi connectivity index (χ2n) is 24.1. The first-order chi connectivity index (χ1) is 43.3. The lowest BCUT2D eigenvalue weighted by atomic mass is 10.0. The van der Waals surface area contributed by atoms with Crippen LogP contribution in [0, 0.1) is 0 Å². The van der Waals surface area contributed by atoms with E-state index in [1.54, 1.807) is 0 Å². The molecular formula is C78H136NO8P. The van der Waals surface area contributed by atoms with Crippen LogP contribution in [0.4, 0.5) is 0 Å². The summed E-state index contributed by atoms with van der Waals surface area (Å²) in [6, 6.07) is 0. The SMILES string of the molecule is CC/C=C\C/C=C\C/C=C\C/C=C\C/C=C\C/C=C\C/C=C\C/C=C\C/C=C\C/C=C\CCCCCCCCC(=O)OC(COC(=O)CCCCCCCCCCCCCCCCCCCCCCCCCCCCCCCC)COP(=O)(O)OCCN. The molecule has 0 amide bonds. The number of rotatable bonds is 68. The minimum absolute atomic E-state index is 0.0465. The van der Waals surface area contributed by atoms with Crippen molar-refractivity contribution in [3.63, 3.8) is 0 Å². The van der Waals surface area contributed by atoms with Gasteiger partial charge in [-0.25, -0.2) is 4.57 Å². The average molecular weight is 1250 g/mol. The van der Waals surface area contributed by atoms with E-state index < -0.39 is 26.5 Å². The van der Waals surface area contributed by atoms with Crippen LogP contribution >= 0.6 is 7.82 Å². The van der Waals surface area contributed by atoms with Crippen LogP contribution in [0.2, 0.25) is 0 Å². The molecule has 2 atom stereocenters. The lowest BCUT2D eigenvalue weighted by Crippen LogP contribution is -2.29. The Kier molecular flexibility index (Phi) is 69.5. The van der Waals surface area contributed by atoms with Gasteiger partial charge in [-0.1, -0.05) is 347 Å². The van der Waals surface area contributed by atoms with Gasteiger partial charge in [0.2, 0.25) is 0 Å². The maximum Gasteiger partial charge on any atom is 0.472 e. The Bertz CT molecular complexity index is 1860. The van der Waals surface area contributed by atoms with E-state index in [0.29, 0.717) is 6.42 Å². The molecule has 0 aromatic heterocycles. The predicted octanol–water partition coefficient (Wildman–Crippen LogP) is 24.3. The number of carbonyl (C=O) groups is 2. The van der Waals surface area contributed by atoms with Crippen LogP contribution in [0.1, 0.15) is 328 Å². The smallest absolute Gasteiger partial charge is 0.462 e. The zero-order valence-electron chi connectivity index (χ0n) is 56.9. The summed E-state index contributed by atoms with van der Waals surface area (Å²) < 4.78 is 33.2. The zero-order valence-corrected chi connectivity index (χ0v) is 57.8. The van der Waals surface area contributed by atoms with Crippen molar-refractivity contribution in [1.29, 1.82) is 0 Å². The summed E-state index contributed by atoms with van der Waals surface area (Å²) >= 11 is 0. The second-order valence-corrected chi connectivity index (χ2v) is 25.5. The van der Waals surface area contributed by atoms with Crippen LogP contribution in [0.3, 0.4) is 0 Å². The van der Waals surface area contributed by atoms with E-state index in [0.717, 1.165) is 122 Å². The van der Waals surface area contributed by atoms with Crippen LogP contribution in [-0.2, 0) is 32.7 Å². The van der Waals surface area contributed by atoms with Gasteiger partial charge in [0.05, 0.1) is 13.2 Å². The summed E-state index contributed by atoms with van der Waals surface area (Å²) in [4.78, 5) is 35.4. The molecular weight excluding hydrogens is 1110 g/mol. The first kappa shape index (κ1) is 84.4. The molecule has 506 valence electrons. The van der Waals surface area contributed by atoms with Gasteiger partial charge in [0.25, 0.3) is 0 Å². The minimum atomic E-state index is -4.41. The molecule has 0 aromatic rings. The number of phosphoric acid groups is 1. The number of ether oxygens (including phenoxy) is 2. The van der Waals surface area contributed by atoms with Crippen LogP contribution in [0.15, 0.2) is 122 Å². The largest absolute Gasteiger partial charge is 0.472 e. The zero-order chi connectivity index (χ0) is 63.7. The standard InChI is InChI=1S/C78H136NO8P/c1-3-5-7-9-11-13-15-17-19-21-23-25-27-29-31-33-35-36-37-38-39-40-41-43-45-47-49-51-53-55-57-59-61-63-65-67-69-71-78(81)87-76(75-86-88(82,83)85-73-72-79)74-84-77(80)70-68-66-64-62-60-58-56-54-52-50-48-46-44-42-34-32-30-28-26-24-22-20-18-16-14-12-10-8-6-4-2/h5,7,11,13,17,19,23,25,29,31,35-36,38-39,41,43,47,49,53,55,76H,3-4,6,8-10,12,14-16,18,20-22,24,26-28,30,32-34,37,40,42,44-46,48,50-52,54,56-75,79H2,1-2H3,(H,82,83)/b7-5-,13-11-,19-17-,25-23-,31-29-,36-35-,39-38-,43-41-,49-47-,55-53-. The van der Waals surface area contributed by atoms with Gasteiger partial charge in [0.15, 0.2) is 6.10 Å². The molecule has 0 fully saturated rings. The molecule has 0 aliphatic heterocycles. The quantitative estimate of drug-likeness (QED) is 0.0264. The Morgan fingerprint density at radius 2 is 0.625 bits per heavy atom. The highest BCUT2D eigenvalue weighted by Gasteiger charge is 2.26. The summed E-state index contributed by atoms with van der Waals surface area (Å²) in [7, 11) is -4.41. The summed E-state index contributed by atoms with van der Waals surface area (Å²) in [5.41, 5.74) is 5.40. The molecule has 0 rings (SSSR count). The van der Waals surface area contributed by atoms with Gasteiger partial charge >= 0.3 is 19.8 Å². The maximum absolute atomic E-state index is 12.8. The van der Waals surface area contributed by atoms with Crippen molar-refractivity contribution >= 4 is 19.8 Å². The molecule has 0 aromatic carbocycles. The summed E-state index contributed by atoms with van der Waals surface area (Å²) in [6.45, 7) is 3.65. The Hall–Kier alpha value is -3.59. The Morgan fingerprint density at radius 1 is 0.352 bits per heavy atom. The second kappa shape index (κ2) is 72.5. The van der Waals surface area contributed by atoms with Crippen LogP contribution in [0.25, 0.3) is 0 Å². The number of hydrogen-bond donors (Lipinski definition) is 2. The lowest BCUT2D eigenvalue weighted by molar-refractivity contribution is -0.161. The fourth-order valence-corrected chi connectivity index (χ4v) is 11.0. The predicted molar refractivity (Wildman–Crippen MR) is 381 cm³/mol. The van der Waals surface area contributed by atoms with Gasteiger partial charge in [0.1, 0.15) is 6.61 Å². The van der Waals surface area contributed by atoms with Gasteiger partial charge < -0.3 is 20.1 Å². The fraction of sp³-hybridized carbons (Fsp3) is 0.718. The number of carbonyl (C=O) groups excluding carboxylic acids is 2. The molecule has 88 heavy (non-hydrogen) atoms. The topological polar surface area (TPSA) is 134 Å². The highest BCUT2D eigenvalue weighted by atomic mass is 31.2. The third-order valence-electron chi connectivity index (χ3n) is 15.6. The third kappa shape index (κ3) is 71.5. The van der Waals surface area contributed by atoms with Crippen molar-refractivity contribution in [3.8, 4) is 0 Å². The highest BCUT2D eigenvalue weighted by Crippen LogP contribution is 2.43. The number of phosphoric ester groups is 1. The molecule has 0 saturated carbocycles. The molecule has 0 bridgehead atoms. The summed E-state index contributed by atoms with van der Waals surface area (Å²) in [5.74, 6) is -0.839. The van der Waals surface area contributed by atoms with E-state index in [1.165, 1.54) is 173 Å². The minimum Gasteiger partial charge on any atom is -0.462 e. The maximum atomic E-state index is 12.8. The molecule has 3 N–H and O–H groups in total. The van der Waals surface area contributed by atoms with E-state index in [2.05, 4.69) is 135 Å². The van der Waals surface area contributed by atoms with E-state index in [1.807, 2.05) is 0 Å². The Labute approximate surface area is 542 Å². The molecule has 2 unspecified atom stereocenters. The Balaban J connectivity index is 3.94.